The fourth-order valence-corrected chi connectivity index (χ4v) is 2.75. The summed E-state index contributed by atoms with van der Waals surface area (Å²) < 4.78 is 0. The van der Waals surface area contributed by atoms with E-state index in [0.29, 0.717) is 5.69 Å². The van der Waals surface area contributed by atoms with Gasteiger partial charge in [0.2, 0.25) is 0 Å². The van der Waals surface area contributed by atoms with Gasteiger partial charge in [0.15, 0.2) is 5.13 Å². The van der Waals surface area contributed by atoms with E-state index >= 15 is 0 Å². The van der Waals surface area contributed by atoms with Gasteiger partial charge < -0.3 is 10.0 Å². The maximum atomic E-state index is 11.3. The summed E-state index contributed by atoms with van der Waals surface area (Å²) in [5.41, 5.74) is 0.669. The predicted octanol–water partition coefficient (Wildman–Crippen LogP) is 2.58. The molecule has 2 heterocycles. The first-order valence-electron chi connectivity index (χ1n) is 6.71. The smallest absolute Gasteiger partial charge is 0.315 e. The van der Waals surface area contributed by atoms with Crippen LogP contribution in [-0.2, 0) is 16.6 Å². The summed E-state index contributed by atoms with van der Waals surface area (Å²) >= 11 is 1.47. The molecule has 0 aromatic carbocycles. The average Bonchev–Trinajstić information content (AvgIpc) is 2.96. The van der Waals surface area contributed by atoms with Crippen LogP contribution >= 0.6 is 11.3 Å². The molecule has 0 saturated carbocycles. The number of likely N-dealkylation sites (N-methyl/N-ethyl adjacent to an activating group) is 1. The molecule has 112 valence electrons. The molecular formula is C15H19N3O2S. The normalized spacial score (nSPS) is 11.4. The number of hydrogen-bond acceptors (Lipinski definition) is 5. The quantitative estimate of drug-likeness (QED) is 0.888. The summed E-state index contributed by atoms with van der Waals surface area (Å²) in [4.78, 5) is 22.0. The number of nitrogens with zero attached hydrogens (tertiary/aromatic N) is 3. The van der Waals surface area contributed by atoms with Crippen LogP contribution in [0.15, 0.2) is 29.8 Å². The van der Waals surface area contributed by atoms with Crippen LogP contribution in [-0.4, -0.2) is 34.6 Å². The molecule has 0 aliphatic rings. The van der Waals surface area contributed by atoms with Gasteiger partial charge in [-0.3, -0.25) is 9.78 Å². The number of aliphatic carboxylic acids is 1. The third-order valence-electron chi connectivity index (χ3n) is 3.42. The first kappa shape index (κ1) is 15.4. The molecule has 0 aliphatic heterocycles. The van der Waals surface area contributed by atoms with Crippen LogP contribution in [0.4, 0.5) is 5.13 Å². The van der Waals surface area contributed by atoms with Gasteiger partial charge in [-0.25, -0.2) is 4.98 Å². The van der Waals surface area contributed by atoms with Crippen LogP contribution in [0, 0.1) is 0 Å². The molecule has 6 heteroatoms. The van der Waals surface area contributed by atoms with Gasteiger partial charge in [-0.2, -0.15) is 0 Å². The Balaban J connectivity index is 2.02. The Kier molecular flexibility index (Phi) is 4.57. The van der Waals surface area contributed by atoms with Gasteiger partial charge in [-0.1, -0.05) is 6.07 Å². The highest BCUT2D eigenvalue weighted by molar-refractivity contribution is 7.13. The molecule has 0 fully saturated rings. The number of thiazole rings is 1. The monoisotopic (exact) mass is 305 g/mol. The van der Waals surface area contributed by atoms with Crippen molar-refractivity contribution in [2.75, 3.05) is 18.5 Å². The van der Waals surface area contributed by atoms with E-state index in [1.807, 2.05) is 35.5 Å². The summed E-state index contributed by atoms with van der Waals surface area (Å²) in [6.07, 6.45) is 2.61. The SMILES string of the molecule is CN(CCc1ccccn1)c1nc(C(C)(C)C(=O)O)cs1. The van der Waals surface area contributed by atoms with Crippen LogP contribution in [0.1, 0.15) is 25.2 Å². The second kappa shape index (κ2) is 6.22. The van der Waals surface area contributed by atoms with Gasteiger partial charge in [-0.05, 0) is 26.0 Å². The van der Waals surface area contributed by atoms with Gasteiger partial charge in [0.05, 0.1) is 5.69 Å². The predicted molar refractivity (Wildman–Crippen MR) is 84.0 cm³/mol. The molecule has 0 unspecified atom stereocenters. The van der Waals surface area contributed by atoms with Crippen LogP contribution < -0.4 is 4.90 Å². The fourth-order valence-electron chi connectivity index (χ4n) is 1.76. The average molecular weight is 305 g/mol. The zero-order chi connectivity index (χ0) is 15.5. The molecule has 0 aliphatic carbocycles. The summed E-state index contributed by atoms with van der Waals surface area (Å²) in [5.74, 6) is -0.865. The number of carboxylic acid groups (broad SMARTS) is 1. The Bertz CT molecular complexity index is 610. The molecule has 0 atom stereocenters. The summed E-state index contributed by atoms with van der Waals surface area (Å²) in [7, 11) is 1.96. The van der Waals surface area contributed by atoms with E-state index in [9.17, 15) is 9.90 Å². The molecule has 5 nitrogen and oxygen atoms in total. The molecule has 0 spiro atoms. The van der Waals surface area contributed by atoms with E-state index in [2.05, 4.69) is 9.97 Å². The van der Waals surface area contributed by atoms with Crippen LogP contribution in [0.5, 0.6) is 0 Å². The minimum atomic E-state index is -0.962. The Morgan fingerprint density at radius 3 is 2.81 bits per heavy atom. The number of aromatic nitrogens is 2. The van der Waals surface area contributed by atoms with Crippen LogP contribution in [0.25, 0.3) is 0 Å². The maximum absolute atomic E-state index is 11.3. The molecule has 2 aromatic rings. The third-order valence-corrected chi connectivity index (χ3v) is 4.38. The van der Waals surface area contributed by atoms with E-state index in [1.54, 1.807) is 20.0 Å². The number of hydrogen-bond donors (Lipinski definition) is 1. The Morgan fingerprint density at radius 2 is 2.19 bits per heavy atom. The van der Waals surface area contributed by atoms with E-state index in [-0.39, 0.29) is 0 Å². The van der Waals surface area contributed by atoms with Gasteiger partial charge in [0.1, 0.15) is 5.41 Å². The van der Waals surface area contributed by atoms with E-state index in [1.165, 1.54) is 11.3 Å². The Morgan fingerprint density at radius 1 is 1.43 bits per heavy atom. The molecule has 2 aromatic heterocycles. The Hall–Kier alpha value is -1.95. The lowest BCUT2D eigenvalue weighted by Crippen LogP contribution is -2.29. The minimum Gasteiger partial charge on any atom is -0.481 e. The lowest BCUT2D eigenvalue weighted by molar-refractivity contribution is -0.142. The number of rotatable bonds is 6. The lowest BCUT2D eigenvalue weighted by Gasteiger charge is -2.17. The highest BCUT2D eigenvalue weighted by Crippen LogP contribution is 2.28. The molecule has 2 rings (SSSR count). The topological polar surface area (TPSA) is 66.3 Å². The summed E-state index contributed by atoms with van der Waals surface area (Å²) in [6.45, 7) is 4.13. The largest absolute Gasteiger partial charge is 0.481 e. The molecule has 0 radical (unpaired) electrons. The highest BCUT2D eigenvalue weighted by atomic mass is 32.1. The van der Waals surface area contributed by atoms with Crippen molar-refractivity contribution < 1.29 is 9.90 Å². The van der Waals surface area contributed by atoms with Crippen molar-refractivity contribution in [3.8, 4) is 0 Å². The number of carbonyl (C=O) groups is 1. The van der Waals surface area contributed by atoms with Crippen molar-refractivity contribution in [1.29, 1.82) is 0 Å². The number of anilines is 1. The third kappa shape index (κ3) is 3.58. The van der Waals surface area contributed by atoms with Crippen molar-refractivity contribution >= 4 is 22.4 Å². The van der Waals surface area contributed by atoms with Gasteiger partial charge in [0, 0.05) is 37.3 Å². The van der Waals surface area contributed by atoms with Crippen molar-refractivity contribution in [2.45, 2.75) is 25.7 Å². The van der Waals surface area contributed by atoms with Gasteiger partial charge in [0.25, 0.3) is 0 Å². The van der Waals surface area contributed by atoms with Crippen molar-refractivity contribution in [3.05, 3.63) is 41.2 Å². The van der Waals surface area contributed by atoms with E-state index in [0.717, 1.165) is 23.8 Å². The molecule has 0 bridgehead atoms. The van der Waals surface area contributed by atoms with E-state index < -0.39 is 11.4 Å². The second-order valence-corrected chi connectivity index (χ2v) is 6.27. The summed E-state index contributed by atoms with van der Waals surface area (Å²) in [6, 6.07) is 5.86. The van der Waals surface area contributed by atoms with Crippen LogP contribution in [0.2, 0.25) is 0 Å². The van der Waals surface area contributed by atoms with Crippen LogP contribution in [0.3, 0.4) is 0 Å². The number of pyridine rings is 1. The molecule has 21 heavy (non-hydrogen) atoms. The molecule has 0 saturated heterocycles. The molecule has 1 N–H and O–H groups in total. The van der Waals surface area contributed by atoms with Crippen molar-refractivity contribution in [1.82, 2.24) is 9.97 Å². The zero-order valence-corrected chi connectivity index (χ0v) is 13.2. The number of carboxylic acids is 1. The molecular weight excluding hydrogens is 286 g/mol. The Labute approximate surface area is 128 Å². The van der Waals surface area contributed by atoms with Gasteiger partial charge in [-0.15, -0.1) is 11.3 Å². The second-order valence-electron chi connectivity index (χ2n) is 5.44. The standard InChI is InChI=1S/C15H19N3O2S/c1-15(2,13(19)20)12-10-21-14(17-12)18(3)9-7-11-6-4-5-8-16-11/h4-6,8,10H,7,9H2,1-3H3,(H,19,20). The molecule has 0 amide bonds. The van der Waals surface area contributed by atoms with E-state index in [4.69, 9.17) is 0 Å². The zero-order valence-electron chi connectivity index (χ0n) is 12.4. The lowest BCUT2D eigenvalue weighted by atomic mass is 9.90. The van der Waals surface area contributed by atoms with Gasteiger partial charge >= 0.3 is 5.97 Å². The maximum Gasteiger partial charge on any atom is 0.315 e. The first-order valence-corrected chi connectivity index (χ1v) is 7.59. The summed E-state index contributed by atoms with van der Waals surface area (Å²) in [5, 5.41) is 11.9. The fraction of sp³-hybridized carbons (Fsp3) is 0.400. The first-order chi connectivity index (χ1) is 9.91. The highest BCUT2D eigenvalue weighted by Gasteiger charge is 2.32. The van der Waals surface area contributed by atoms with Crippen molar-refractivity contribution in [3.63, 3.8) is 0 Å². The minimum absolute atomic E-state index is 0.597. The van der Waals surface area contributed by atoms with Crippen molar-refractivity contribution in [2.24, 2.45) is 0 Å².